The number of amides is 1. The molecule has 1 saturated heterocycles. The molecule has 0 aliphatic carbocycles. The van der Waals surface area contributed by atoms with Crippen LogP contribution in [0.3, 0.4) is 0 Å². The Balaban J connectivity index is 1.28. The third-order valence-electron chi connectivity index (χ3n) is 8.05. The summed E-state index contributed by atoms with van der Waals surface area (Å²) >= 11 is 0. The Morgan fingerprint density at radius 1 is 0.976 bits per heavy atom. The summed E-state index contributed by atoms with van der Waals surface area (Å²) in [6.07, 6.45) is 2.31. The van der Waals surface area contributed by atoms with Gasteiger partial charge in [-0.25, -0.2) is 18.7 Å². The van der Waals surface area contributed by atoms with Gasteiger partial charge in [0.25, 0.3) is 5.91 Å². The van der Waals surface area contributed by atoms with E-state index in [9.17, 15) is 4.79 Å². The second-order valence-electron chi connectivity index (χ2n) is 11.2. The SMILES string of the molecule is CC1CN(C(=O)c2ccc(Nc3ncc4c(n3)-c3ccccc3[N+](C)(c3c(F)cccc3F)CC4)cc2)CC(C)N1. The number of aromatic nitrogens is 2. The van der Waals surface area contributed by atoms with Crippen molar-refractivity contribution in [3.05, 3.63) is 95.7 Å². The lowest BCUT2D eigenvalue weighted by atomic mass is 10.0. The molecule has 6 rings (SSSR count). The fraction of sp³-hybridized carbons (Fsp3) is 0.281. The molecule has 3 unspecified atom stereocenters. The second-order valence-corrected chi connectivity index (χ2v) is 11.2. The standard InChI is InChI=1S/C32H32F2N6O/c1-20-18-39(19-21(2)36-20)31(41)22-11-13-24(14-12-22)37-32-35-17-23-15-16-40(3,30-26(33)8-6-9-27(30)34)28-10-5-4-7-25(28)29(23)38-32/h4-14,17,20-21,36H,15-16,18-19H2,1-3H3/p+1. The van der Waals surface area contributed by atoms with Gasteiger partial charge < -0.3 is 15.5 Å². The highest BCUT2D eigenvalue weighted by molar-refractivity contribution is 5.94. The number of halogens is 2. The lowest BCUT2D eigenvalue weighted by Gasteiger charge is -2.36. The summed E-state index contributed by atoms with van der Waals surface area (Å²) in [5.41, 5.74) is 4.59. The van der Waals surface area contributed by atoms with E-state index in [-0.39, 0.29) is 28.2 Å². The van der Waals surface area contributed by atoms with Crippen LogP contribution in [0.5, 0.6) is 0 Å². The monoisotopic (exact) mass is 555 g/mol. The molecule has 4 aromatic rings. The largest absolute Gasteiger partial charge is 0.336 e. The summed E-state index contributed by atoms with van der Waals surface area (Å²) in [4.78, 5) is 24.4. The second kappa shape index (κ2) is 10.6. The number of carbonyl (C=O) groups excluding carboxylic acids is 1. The number of rotatable bonds is 4. The molecule has 0 saturated carbocycles. The lowest BCUT2D eigenvalue weighted by Crippen LogP contribution is -2.55. The Hall–Kier alpha value is -4.21. The highest BCUT2D eigenvalue weighted by Gasteiger charge is 2.39. The molecule has 0 bridgehead atoms. The van der Waals surface area contributed by atoms with Crippen LogP contribution < -0.4 is 15.1 Å². The van der Waals surface area contributed by atoms with Gasteiger partial charge in [-0.1, -0.05) is 18.2 Å². The van der Waals surface area contributed by atoms with Gasteiger partial charge in [-0.05, 0) is 56.3 Å². The van der Waals surface area contributed by atoms with Crippen LogP contribution in [0, 0.1) is 11.6 Å². The van der Waals surface area contributed by atoms with Gasteiger partial charge in [-0.2, -0.15) is 0 Å². The highest BCUT2D eigenvalue weighted by atomic mass is 19.1. The summed E-state index contributed by atoms with van der Waals surface area (Å²) in [5, 5.41) is 6.70. The number of carbonyl (C=O) groups is 1. The molecule has 1 amide bonds. The van der Waals surface area contributed by atoms with Crippen molar-refractivity contribution >= 4 is 28.9 Å². The van der Waals surface area contributed by atoms with Crippen LogP contribution in [0.25, 0.3) is 11.3 Å². The minimum Gasteiger partial charge on any atom is -0.336 e. The van der Waals surface area contributed by atoms with Crippen molar-refractivity contribution in [3.63, 3.8) is 0 Å². The van der Waals surface area contributed by atoms with Gasteiger partial charge in [0, 0.05) is 60.7 Å². The Kier molecular flexibility index (Phi) is 7.01. The van der Waals surface area contributed by atoms with E-state index < -0.39 is 11.6 Å². The van der Waals surface area contributed by atoms with E-state index in [2.05, 4.69) is 29.5 Å². The van der Waals surface area contributed by atoms with Crippen LogP contribution in [0.15, 0.2) is 72.9 Å². The van der Waals surface area contributed by atoms with Crippen molar-refractivity contribution < 1.29 is 13.6 Å². The Bertz CT molecular complexity index is 1580. The number of benzene rings is 3. The average molecular weight is 556 g/mol. The molecule has 3 atom stereocenters. The van der Waals surface area contributed by atoms with Crippen molar-refractivity contribution in [3.8, 4) is 11.3 Å². The molecule has 2 N–H and O–H groups in total. The maximum Gasteiger partial charge on any atom is 0.253 e. The quantitative estimate of drug-likeness (QED) is 0.311. The van der Waals surface area contributed by atoms with E-state index in [1.165, 1.54) is 18.2 Å². The van der Waals surface area contributed by atoms with E-state index in [0.29, 0.717) is 37.6 Å². The minimum absolute atomic E-state index is 0.0124. The van der Waals surface area contributed by atoms with E-state index in [1.54, 1.807) is 6.20 Å². The number of quaternary nitrogens is 1. The molecule has 7 nitrogen and oxygen atoms in total. The van der Waals surface area contributed by atoms with Gasteiger partial charge >= 0.3 is 0 Å². The van der Waals surface area contributed by atoms with E-state index in [4.69, 9.17) is 4.98 Å². The summed E-state index contributed by atoms with van der Waals surface area (Å²) in [6.45, 7) is 5.96. The third-order valence-corrected chi connectivity index (χ3v) is 8.05. The molecule has 3 heterocycles. The summed E-state index contributed by atoms with van der Waals surface area (Å²) in [7, 11) is 1.84. The van der Waals surface area contributed by atoms with E-state index in [1.807, 2.05) is 60.5 Å². The van der Waals surface area contributed by atoms with Crippen molar-refractivity contribution in [1.82, 2.24) is 24.7 Å². The van der Waals surface area contributed by atoms with Crippen LogP contribution in [0.2, 0.25) is 0 Å². The number of likely N-dealkylation sites (N-methyl/N-ethyl adjacent to an activating group) is 1. The number of para-hydroxylation sites is 2. The molecule has 0 radical (unpaired) electrons. The van der Waals surface area contributed by atoms with Gasteiger partial charge in [0.15, 0.2) is 11.6 Å². The maximum atomic E-state index is 15.0. The molecule has 9 heteroatoms. The fourth-order valence-corrected chi connectivity index (χ4v) is 6.15. The molecule has 2 aliphatic rings. The van der Waals surface area contributed by atoms with Crippen molar-refractivity contribution in [2.24, 2.45) is 0 Å². The van der Waals surface area contributed by atoms with Crippen molar-refractivity contribution in [1.29, 1.82) is 0 Å². The van der Waals surface area contributed by atoms with Crippen LogP contribution >= 0.6 is 0 Å². The molecule has 0 spiro atoms. The average Bonchev–Trinajstić information content (AvgIpc) is 3.07. The first-order chi connectivity index (χ1) is 19.7. The van der Waals surface area contributed by atoms with Crippen molar-refractivity contribution in [2.45, 2.75) is 32.4 Å². The zero-order valence-electron chi connectivity index (χ0n) is 23.4. The zero-order valence-corrected chi connectivity index (χ0v) is 23.4. The first-order valence-electron chi connectivity index (χ1n) is 13.9. The van der Waals surface area contributed by atoms with Crippen LogP contribution in [0.4, 0.5) is 31.8 Å². The number of anilines is 2. The molecule has 210 valence electrons. The molecule has 2 aliphatic heterocycles. The fourth-order valence-electron chi connectivity index (χ4n) is 6.15. The number of piperazine rings is 1. The smallest absolute Gasteiger partial charge is 0.253 e. The topological polar surface area (TPSA) is 70.2 Å². The van der Waals surface area contributed by atoms with Crippen LogP contribution in [0.1, 0.15) is 29.8 Å². The lowest BCUT2D eigenvalue weighted by molar-refractivity contribution is 0.0674. The maximum absolute atomic E-state index is 15.0. The number of hydrogen-bond acceptors (Lipinski definition) is 5. The Morgan fingerprint density at radius 3 is 2.37 bits per heavy atom. The summed E-state index contributed by atoms with van der Waals surface area (Å²) in [6, 6.07) is 19.4. The summed E-state index contributed by atoms with van der Waals surface area (Å²) in [5.74, 6) is -0.744. The zero-order chi connectivity index (χ0) is 28.7. The number of nitrogens with one attached hydrogen (secondary N) is 2. The minimum atomic E-state index is -0.579. The third kappa shape index (κ3) is 5.07. The first-order valence-corrected chi connectivity index (χ1v) is 13.9. The normalized spacial score (nSPS) is 21.9. The molecule has 3 aromatic carbocycles. The first kappa shape index (κ1) is 27.0. The number of nitrogens with zero attached hydrogens (tertiary/aromatic N) is 4. The number of hydrogen-bond donors (Lipinski definition) is 2. The van der Waals surface area contributed by atoms with Gasteiger partial charge in [-0.15, -0.1) is 0 Å². The molecule has 41 heavy (non-hydrogen) atoms. The molecule has 1 fully saturated rings. The number of fused-ring (bicyclic) bond motifs is 3. The predicted octanol–water partition coefficient (Wildman–Crippen LogP) is 5.81. The molecular weight excluding hydrogens is 522 g/mol. The van der Waals surface area contributed by atoms with E-state index >= 15 is 8.78 Å². The van der Waals surface area contributed by atoms with Crippen LogP contribution in [-0.2, 0) is 6.42 Å². The molecule has 1 aromatic heterocycles. The van der Waals surface area contributed by atoms with Gasteiger partial charge in [0.1, 0.15) is 5.69 Å². The van der Waals surface area contributed by atoms with E-state index in [0.717, 1.165) is 28.2 Å². The van der Waals surface area contributed by atoms with Crippen LogP contribution in [-0.4, -0.2) is 59.5 Å². The van der Waals surface area contributed by atoms with Gasteiger partial charge in [0.2, 0.25) is 11.6 Å². The predicted molar refractivity (Wildman–Crippen MR) is 157 cm³/mol. The van der Waals surface area contributed by atoms with Gasteiger partial charge in [0.05, 0.1) is 24.8 Å². The Labute approximate surface area is 238 Å². The Morgan fingerprint density at radius 2 is 1.66 bits per heavy atom. The summed E-state index contributed by atoms with van der Waals surface area (Å²) < 4.78 is 30.0. The van der Waals surface area contributed by atoms with Gasteiger partial charge in [-0.3, -0.25) is 9.28 Å². The van der Waals surface area contributed by atoms with Crippen molar-refractivity contribution in [2.75, 3.05) is 32.0 Å². The molecular formula is C32H33F2N6O+. The highest BCUT2D eigenvalue weighted by Crippen LogP contribution is 2.45.